The van der Waals surface area contributed by atoms with Crippen molar-refractivity contribution in [1.82, 2.24) is 15.2 Å². The maximum Gasteiger partial charge on any atom is 0.490 e. The Bertz CT molecular complexity index is 1270. The molecule has 0 bridgehead atoms. The lowest BCUT2D eigenvalue weighted by Gasteiger charge is -2.49. The van der Waals surface area contributed by atoms with Crippen LogP contribution in [0.15, 0.2) is 42.7 Å². The van der Waals surface area contributed by atoms with Gasteiger partial charge in [-0.05, 0) is 42.7 Å². The molecule has 1 aromatic heterocycles. The van der Waals surface area contributed by atoms with Crippen LogP contribution in [0.4, 0.5) is 26.3 Å². The average molecular weight is 638 g/mol. The number of ether oxygens (including phenoxy) is 3. The number of nitrogens with zero attached hydrogens (tertiary/aromatic N) is 2. The molecule has 2 fully saturated rings. The lowest BCUT2D eigenvalue weighted by atomic mass is 9.78. The Morgan fingerprint density at radius 2 is 1.66 bits per heavy atom. The minimum absolute atomic E-state index is 0.0209. The predicted molar refractivity (Wildman–Crippen MR) is 138 cm³/mol. The Morgan fingerprint density at radius 1 is 1.00 bits per heavy atom. The van der Waals surface area contributed by atoms with Crippen LogP contribution in [0.5, 0.6) is 11.5 Å². The van der Waals surface area contributed by atoms with Crippen molar-refractivity contribution in [3.8, 4) is 11.5 Å². The summed E-state index contributed by atoms with van der Waals surface area (Å²) < 4.78 is 80.7. The van der Waals surface area contributed by atoms with E-state index >= 15 is 0 Å². The molecule has 3 aliphatic rings. The number of fused-ring (bicyclic) bond motifs is 1. The number of hydrogen-bond acceptors (Lipinski definition) is 8. The van der Waals surface area contributed by atoms with Gasteiger partial charge in [0.2, 0.25) is 6.79 Å². The molecule has 1 saturated heterocycles. The maximum absolute atomic E-state index is 13.3. The molecule has 3 heterocycles. The van der Waals surface area contributed by atoms with E-state index in [1.165, 1.54) is 6.42 Å². The van der Waals surface area contributed by atoms with Crippen molar-refractivity contribution in [2.24, 2.45) is 0 Å². The van der Waals surface area contributed by atoms with Crippen LogP contribution < -0.4 is 14.8 Å². The van der Waals surface area contributed by atoms with E-state index in [4.69, 9.17) is 34.0 Å². The quantitative estimate of drug-likeness (QED) is 0.420. The van der Waals surface area contributed by atoms with Gasteiger partial charge in [-0.3, -0.25) is 9.78 Å². The number of pyridine rings is 1. The van der Waals surface area contributed by atoms with Crippen molar-refractivity contribution in [3.63, 3.8) is 0 Å². The summed E-state index contributed by atoms with van der Waals surface area (Å²) in [7, 11) is 0. The number of amides is 1. The van der Waals surface area contributed by atoms with E-state index in [0.717, 1.165) is 31.4 Å². The lowest BCUT2D eigenvalue weighted by Crippen LogP contribution is -2.64. The van der Waals surface area contributed by atoms with Gasteiger partial charge in [0.25, 0.3) is 5.91 Å². The van der Waals surface area contributed by atoms with E-state index in [0.29, 0.717) is 36.8 Å². The number of hydrogen-bond donors (Lipinski definition) is 3. The molecule has 1 aromatic carbocycles. The highest BCUT2D eigenvalue weighted by Crippen LogP contribution is 2.37. The summed E-state index contributed by atoms with van der Waals surface area (Å²) in [6.07, 6.45) is -2.19. The number of rotatable bonds is 4. The van der Waals surface area contributed by atoms with Crippen LogP contribution >= 0.6 is 0 Å². The van der Waals surface area contributed by atoms with Crippen molar-refractivity contribution in [3.05, 3.63) is 53.9 Å². The number of halogens is 6. The summed E-state index contributed by atoms with van der Waals surface area (Å²) in [6.45, 7) is 2.72. The van der Waals surface area contributed by atoms with Crippen LogP contribution in [0.25, 0.3) is 0 Å². The first-order valence-corrected chi connectivity index (χ1v) is 13.2. The highest BCUT2D eigenvalue weighted by molar-refractivity contribution is 5.95. The largest absolute Gasteiger partial charge is 0.490 e. The molecule has 1 aliphatic carbocycles. The molecule has 1 amide bonds. The highest BCUT2D eigenvalue weighted by atomic mass is 19.4. The molecule has 5 rings (SSSR count). The van der Waals surface area contributed by atoms with Gasteiger partial charge in [-0.1, -0.05) is 18.9 Å². The third-order valence-corrected chi connectivity index (χ3v) is 6.85. The van der Waals surface area contributed by atoms with Crippen LogP contribution in [0.2, 0.25) is 0 Å². The predicted octanol–water partition coefficient (Wildman–Crippen LogP) is 4.02. The summed E-state index contributed by atoms with van der Waals surface area (Å²) >= 11 is 0. The molecule has 1 saturated carbocycles. The van der Waals surface area contributed by atoms with Gasteiger partial charge in [-0.15, -0.1) is 0 Å². The van der Waals surface area contributed by atoms with E-state index in [2.05, 4.69) is 16.4 Å². The standard InChI is InChI=1S/C23H27N3O4.2C2HF3O2/c27-22(18-6-7-19-20(12-18)29-16-28-19)26-10-11-30-23(15-26)8-2-1-5-21(23)25-14-17-4-3-9-24-13-17;2*3-2(4,5)1(6)7/h3-4,6-7,9,12-13,21,25H,1-2,5,8,10-11,14-16H2;2*(H,6,7). The van der Waals surface area contributed by atoms with Gasteiger partial charge in [0, 0.05) is 37.1 Å². The van der Waals surface area contributed by atoms with E-state index in [9.17, 15) is 31.1 Å². The van der Waals surface area contributed by atoms with Crippen molar-refractivity contribution in [2.45, 2.75) is 56.2 Å². The third-order valence-electron chi connectivity index (χ3n) is 6.85. The summed E-state index contributed by atoms with van der Waals surface area (Å²) in [5.74, 6) is -4.16. The number of benzene rings is 1. The van der Waals surface area contributed by atoms with Gasteiger partial charge in [0.1, 0.15) is 5.60 Å². The van der Waals surface area contributed by atoms with Gasteiger partial charge < -0.3 is 34.6 Å². The number of carbonyl (C=O) groups is 3. The Kier molecular flexibility index (Phi) is 11.4. The summed E-state index contributed by atoms with van der Waals surface area (Å²) in [6, 6.07) is 9.65. The number of carboxylic acids is 2. The smallest absolute Gasteiger partial charge is 0.475 e. The summed E-state index contributed by atoms with van der Waals surface area (Å²) in [5, 5.41) is 17.9. The van der Waals surface area contributed by atoms with Gasteiger partial charge in [0.15, 0.2) is 11.5 Å². The molecule has 242 valence electrons. The molecule has 2 aromatic rings. The molecular formula is C27H29F6N3O8. The van der Waals surface area contributed by atoms with E-state index in [-0.39, 0.29) is 24.3 Å². The van der Waals surface area contributed by atoms with Crippen molar-refractivity contribution in [1.29, 1.82) is 0 Å². The Morgan fingerprint density at radius 3 is 2.27 bits per heavy atom. The number of alkyl halides is 6. The third kappa shape index (κ3) is 9.44. The summed E-state index contributed by atoms with van der Waals surface area (Å²) in [4.78, 5) is 37.2. The Labute approximate surface area is 246 Å². The molecule has 11 nitrogen and oxygen atoms in total. The number of aromatic nitrogens is 1. The van der Waals surface area contributed by atoms with Gasteiger partial charge in [0.05, 0.1) is 13.2 Å². The Balaban J connectivity index is 0.000000317. The van der Waals surface area contributed by atoms with Crippen LogP contribution in [-0.2, 0) is 20.9 Å². The minimum atomic E-state index is -5.08. The fourth-order valence-corrected chi connectivity index (χ4v) is 4.80. The lowest BCUT2D eigenvalue weighted by molar-refractivity contribution is -0.193. The van der Waals surface area contributed by atoms with E-state index < -0.39 is 24.3 Å². The molecule has 2 unspecified atom stereocenters. The zero-order valence-electron chi connectivity index (χ0n) is 23.0. The van der Waals surface area contributed by atoms with Gasteiger partial charge in [-0.2, -0.15) is 26.3 Å². The molecular weight excluding hydrogens is 608 g/mol. The minimum Gasteiger partial charge on any atom is -0.475 e. The highest BCUT2D eigenvalue weighted by Gasteiger charge is 2.46. The molecule has 44 heavy (non-hydrogen) atoms. The first-order chi connectivity index (χ1) is 20.6. The number of nitrogens with one attached hydrogen (secondary N) is 1. The second-order valence-electron chi connectivity index (χ2n) is 9.85. The second-order valence-corrected chi connectivity index (χ2v) is 9.85. The topological polar surface area (TPSA) is 148 Å². The maximum atomic E-state index is 13.3. The number of carboxylic acid groups (broad SMARTS) is 2. The monoisotopic (exact) mass is 637 g/mol. The second kappa shape index (κ2) is 14.6. The van der Waals surface area contributed by atoms with Crippen molar-refractivity contribution < 1.29 is 65.1 Å². The molecule has 2 atom stereocenters. The van der Waals surface area contributed by atoms with Crippen molar-refractivity contribution >= 4 is 17.8 Å². The van der Waals surface area contributed by atoms with Gasteiger partial charge >= 0.3 is 24.3 Å². The van der Waals surface area contributed by atoms with Crippen LogP contribution in [0, 0.1) is 0 Å². The number of carbonyl (C=O) groups excluding carboxylic acids is 1. The normalized spacial score (nSPS) is 21.0. The fourth-order valence-electron chi connectivity index (χ4n) is 4.80. The zero-order chi connectivity index (χ0) is 32.5. The fraction of sp³-hybridized carbons (Fsp3) is 0.481. The van der Waals surface area contributed by atoms with Crippen LogP contribution in [-0.4, -0.2) is 88.4 Å². The molecule has 17 heteroatoms. The van der Waals surface area contributed by atoms with E-state index in [1.54, 1.807) is 12.3 Å². The van der Waals surface area contributed by atoms with Crippen LogP contribution in [0.1, 0.15) is 41.6 Å². The molecule has 2 aliphatic heterocycles. The zero-order valence-corrected chi connectivity index (χ0v) is 23.0. The van der Waals surface area contributed by atoms with Crippen molar-refractivity contribution in [2.75, 3.05) is 26.5 Å². The summed E-state index contributed by atoms with van der Waals surface area (Å²) in [5.41, 5.74) is 1.44. The number of morpholine rings is 1. The Hall–Kier alpha value is -4.12. The number of aliphatic carboxylic acids is 2. The molecule has 1 spiro atoms. The first-order valence-electron chi connectivity index (χ1n) is 13.2. The molecule has 0 radical (unpaired) electrons. The SMILES string of the molecule is O=C(O)C(F)(F)F.O=C(O)C(F)(F)F.O=C(c1ccc2c(c1)OCO2)N1CCOC2(CCCCC2NCc2cccnc2)C1. The first kappa shape index (κ1) is 34.4. The molecule has 3 N–H and O–H groups in total. The van der Waals surface area contributed by atoms with Crippen LogP contribution in [0.3, 0.4) is 0 Å². The van der Waals surface area contributed by atoms with Gasteiger partial charge in [-0.25, -0.2) is 9.59 Å². The van der Waals surface area contributed by atoms with E-state index in [1.807, 2.05) is 29.3 Å². The average Bonchev–Trinajstić information content (AvgIpc) is 3.45.